The third kappa shape index (κ3) is 6.63. The van der Waals surface area contributed by atoms with Gasteiger partial charge in [-0.2, -0.15) is 0 Å². The van der Waals surface area contributed by atoms with Gasteiger partial charge in [-0.15, -0.1) is 0 Å². The van der Waals surface area contributed by atoms with E-state index < -0.39 is 65.5 Å². The fourth-order valence-corrected chi connectivity index (χ4v) is 4.50. The Morgan fingerprint density at radius 2 is 1.64 bits per heavy atom. The molecule has 1 saturated carbocycles. The maximum absolute atomic E-state index is 12.7. The predicted molar refractivity (Wildman–Crippen MR) is 132 cm³/mol. The van der Waals surface area contributed by atoms with Crippen molar-refractivity contribution in [2.75, 3.05) is 0 Å². The van der Waals surface area contributed by atoms with Crippen LogP contribution in [0.4, 0.5) is 0 Å². The summed E-state index contributed by atoms with van der Waals surface area (Å²) >= 11 is 0. The molecule has 9 nitrogen and oxygen atoms in total. The highest BCUT2D eigenvalue weighted by Gasteiger charge is 2.66. The second kappa shape index (κ2) is 11.3. The molecule has 9 heteroatoms. The summed E-state index contributed by atoms with van der Waals surface area (Å²) in [5, 5.41) is 22.6. The van der Waals surface area contributed by atoms with Crippen molar-refractivity contribution in [3.05, 3.63) is 35.5 Å². The minimum atomic E-state index is -1.87. The van der Waals surface area contributed by atoms with Crippen LogP contribution in [0.25, 0.3) is 0 Å². The smallest absolute Gasteiger partial charge is 0.333 e. The molecule has 2 aliphatic rings. The van der Waals surface area contributed by atoms with Gasteiger partial charge in [0.1, 0.15) is 23.4 Å². The largest absolute Gasteiger partial charge is 0.456 e. The molecule has 0 unspecified atom stereocenters. The van der Waals surface area contributed by atoms with Crippen LogP contribution < -0.4 is 0 Å². The standard InChI is InChI=1S/C27H40O9/c1-10-16(6)25(31)34-20-13-21-27(9,36-21)24(33-17(7)28)23(35-22(30)11-14(2)3)18(15(4)5)12-19(29)26(20,8)32/h10-11,18-21,23-24,29,32H,4,12-13H2,1-3,5-9H3/b16-10-/t18-,19-,20+,21-,23+,24+,26+,27-/m1/s1. The number of rotatable bonds is 6. The van der Waals surface area contributed by atoms with E-state index in [0.717, 1.165) is 0 Å². The Balaban J connectivity index is 2.59. The topological polar surface area (TPSA) is 132 Å². The summed E-state index contributed by atoms with van der Waals surface area (Å²) in [6, 6.07) is 0. The number of hydrogen-bond acceptors (Lipinski definition) is 9. The normalized spacial score (nSPS) is 36.6. The van der Waals surface area contributed by atoms with E-state index in [1.807, 2.05) is 0 Å². The van der Waals surface area contributed by atoms with Gasteiger partial charge in [0, 0.05) is 30.9 Å². The fourth-order valence-electron chi connectivity index (χ4n) is 4.50. The Morgan fingerprint density at radius 3 is 2.14 bits per heavy atom. The third-order valence-electron chi connectivity index (χ3n) is 7.06. The van der Waals surface area contributed by atoms with Crippen molar-refractivity contribution in [2.45, 2.75) is 110 Å². The lowest BCUT2D eigenvalue weighted by atomic mass is 9.75. The van der Waals surface area contributed by atoms with Crippen molar-refractivity contribution in [3.63, 3.8) is 0 Å². The molecule has 8 atom stereocenters. The molecule has 0 spiro atoms. The predicted octanol–water partition coefficient (Wildman–Crippen LogP) is 2.93. The molecule has 0 aromatic heterocycles. The van der Waals surface area contributed by atoms with Crippen molar-refractivity contribution in [2.24, 2.45) is 5.92 Å². The Kier molecular flexibility index (Phi) is 9.31. The van der Waals surface area contributed by atoms with Gasteiger partial charge in [-0.25, -0.2) is 9.59 Å². The van der Waals surface area contributed by atoms with Crippen LogP contribution in [0, 0.1) is 5.92 Å². The van der Waals surface area contributed by atoms with E-state index in [1.165, 1.54) is 19.9 Å². The lowest BCUT2D eigenvalue weighted by Crippen LogP contribution is -2.57. The summed E-state index contributed by atoms with van der Waals surface area (Å²) in [4.78, 5) is 37.4. The maximum atomic E-state index is 12.7. The molecule has 2 rings (SSSR count). The highest BCUT2D eigenvalue weighted by Crippen LogP contribution is 2.49. The van der Waals surface area contributed by atoms with E-state index in [1.54, 1.807) is 47.6 Å². The number of epoxide rings is 1. The van der Waals surface area contributed by atoms with Gasteiger partial charge >= 0.3 is 17.9 Å². The van der Waals surface area contributed by atoms with Crippen molar-refractivity contribution < 1.29 is 43.5 Å². The van der Waals surface area contributed by atoms with Gasteiger partial charge in [0.25, 0.3) is 0 Å². The molecule has 0 aromatic rings. The van der Waals surface area contributed by atoms with Crippen LogP contribution in [0.2, 0.25) is 0 Å². The minimum Gasteiger partial charge on any atom is -0.456 e. The molecule has 0 radical (unpaired) electrons. The monoisotopic (exact) mass is 508 g/mol. The summed E-state index contributed by atoms with van der Waals surface area (Å²) in [6.45, 7) is 16.8. The zero-order valence-corrected chi connectivity index (χ0v) is 22.5. The van der Waals surface area contributed by atoms with E-state index in [4.69, 9.17) is 18.9 Å². The van der Waals surface area contributed by atoms with Crippen molar-refractivity contribution >= 4 is 17.9 Å². The van der Waals surface area contributed by atoms with Crippen LogP contribution in [0.1, 0.15) is 68.2 Å². The van der Waals surface area contributed by atoms with E-state index in [-0.39, 0.29) is 12.8 Å². The van der Waals surface area contributed by atoms with Gasteiger partial charge in [-0.1, -0.05) is 23.8 Å². The van der Waals surface area contributed by atoms with E-state index in [0.29, 0.717) is 16.7 Å². The number of fused-ring (bicyclic) bond motifs is 1. The molecule has 36 heavy (non-hydrogen) atoms. The van der Waals surface area contributed by atoms with Crippen molar-refractivity contribution in [1.82, 2.24) is 0 Å². The Bertz CT molecular complexity index is 943. The van der Waals surface area contributed by atoms with Crippen LogP contribution in [0.3, 0.4) is 0 Å². The first-order valence-corrected chi connectivity index (χ1v) is 12.1. The number of esters is 3. The molecule has 1 aliphatic carbocycles. The molecule has 1 aliphatic heterocycles. The lowest BCUT2D eigenvalue weighted by molar-refractivity contribution is -0.187. The van der Waals surface area contributed by atoms with Crippen LogP contribution in [-0.4, -0.2) is 69.8 Å². The van der Waals surface area contributed by atoms with E-state index >= 15 is 0 Å². The van der Waals surface area contributed by atoms with Gasteiger partial charge in [0.05, 0.1) is 12.2 Å². The highest BCUT2D eigenvalue weighted by molar-refractivity contribution is 5.87. The summed E-state index contributed by atoms with van der Waals surface area (Å²) in [6.07, 6.45) is -2.44. The number of carbonyl (C=O) groups is 3. The molecule has 1 heterocycles. The molecule has 0 amide bonds. The van der Waals surface area contributed by atoms with Crippen LogP contribution in [-0.2, 0) is 33.3 Å². The molecule has 0 bridgehead atoms. The molecular weight excluding hydrogens is 468 g/mol. The van der Waals surface area contributed by atoms with Crippen LogP contribution in [0.15, 0.2) is 35.5 Å². The number of aliphatic hydroxyl groups is 2. The SMILES string of the molecule is C=C(C)[C@H]1C[C@@H](O)[C@](C)(O)[C@@H](OC(=O)/C(C)=C\C)C[C@H]2O[C@@]2(C)[C@@H](OC(C)=O)[C@H]1OC(=O)C=C(C)C. The number of hydrogen-bond donors (Lipinski definition) is 2. The number of aliphatic hydroxyl groups excluding tert-OH is 1. The number of ether oxygens (including phenoxy) is 4. The summed E-state index contributed by atoms with van der Waals surface area (Å²) in [5.74, 6) is -2.60. The number of carbonyl (C=O) groups excluding carboxylic acids is 3. The summed E-state index contributed by atoms with van der Waals surface area (Å²) in [5.41, 5.74) is -1.37. The van der Waals surface area contributed by atoms with E-state index in [2.05, 4.69) is 6.58 Å². The lowest BCUT2D eigenvalue weighted by Gasteiger charge is -2.41. The minimum absolute atomic E-state index is 0.0213. The summed E-state index contributed by atoms with van der Waals surface area (Å²) < 4.78 is 23.1. The molecule has 1 saturated heterocycles. The Labute approximate surface area is 213 Å². The molecule has 2 N–H and O–H groups in total. The van der Waals surface area contributed by atoms with Gasteiger partial charge < -0.3 is 29.2 Å². The van der Waals surface area contributed by atoms with Crippen LogP contribution in [0.5, 0.6) is 0 Å². The average molecular weight is 509 g/mol. The zero-order valence-electron chi connectivity index (χ0n) is 22.5. The molecular formula is C27H40O9. The quantitative estimate of drug-likeness (QED) is 0.183. The summed E-state index contributed by atoms with van der Waals surface area (Å²) in [7, 11) is 0. The van der Waals surface area contributed by atoms with Crippen LogP contribution >= 0.6 is 0 Å². The van der Waals surface area contributed by atoms with Gasteiger partial charge in [0.2, 0.25) is 0 Å². The second-order valence-electron chi connectivity index (χ2n) is 10.5. The first kappa shape index (κ1) is 29.7. The number of allylic oxidation sites excluding steroid dienone is 2. The molecule has 2 fully saturated rings. The van der Waals surface area contributed by atoms with Gasteiger partial charge in [0.15, 0.2) is 6.10 Å². The maximum Gasteiger partial charge on any atom is 0.333 e. The molecule has 202 valence electrons. The first-order valence-electron chi connectivity index (χ1n) is 12.1. The van der Waals surface area contributed by atoms with E-state index in [9.17, 15) is 24.6 Å². The zero-order chi connectivity index (χ0) is 27.6. The van der Waals surface area contributed by atoms with Gasteiger partial charge in [-0.3, -0.25) is 4.79 Å². The van der Waals surface area contributed by atoms with Crippen molar-refractivity contribution in [1.29, 1.82) is 0 Å². The molecule has 0 aromatic carbocycles. The third-order valence-corrected chi connectivity index (χ3v) is 7.06. The Morgan fingerprint density at radius 1 is 1.03 bits per heavy atom. The first-order chi connectivity index (χ1) is 16.5. The van der Waals surface area contributed by atoms with Crippen molar-refractivity contribution in [3.8, 4) is 0 Å². The fraction of sp³-hybridized carbons (Fsp3) is 0.667. The highest BCUT2D eigenvalue weighted by atomic mass is 16.7. The average Bonchev–Trinajstić information content (AvgIpc) is 3.41. The second-order valence-corrected chi connectivity index (χ2v) is 10.5. The van der Waals surface area contributed by atoms with Gasteiger partial charge in [-0.05, 0) is 54.9 Å². The Hall–Kier alpha value is -2.49.